The first-order chi connectivity index (χ1) is 16.7. The van der Waals surface area contributed by atoms with Gasteiger partial charge in [0.05, 0.1) is 22.2 Å². The van der Waals surface area contributed by atoms with Crippen LogP contribution in [0.1, 0.15) is 12.5 Å². The zero-order valence-electron chi connectivity index (χ0n) is 18.6. The van der Waals surface area contributed by atoms with Gasteiger partial charge in [-0.15, -0.1) is 0 Å². The smallest absolute Gasteiger partial charge is 0.326 e. The van der Waals surface area contributed by atoms with Crippen LogP contribution in [0.3, 0.4) is 0 Å². The second-order valence-corrected chi connectivity index (χ2v) is 9.11. The van der Waals surface area contributed by atoms with E-state index in [2.05, 4.69) is 5.32 Å². The Morgan fingerprint density at radius 3 is 2.57 bits per heavy atom. The number of nitrogens with zero attached hydrogens (tertiary/aromatic N) is 1. The molecule has 1 heterocycles. The number of ether oxygens (including phenoxy) is 3. The van der Waals surface area contributed by atoms with Crippen molar-refractivity contribution in [2.45, 2.75) is 6.92 Å². The summed E-state index contributed by atoms with van der Waals surface area (Å²) in [6.07, 6.45) is 1.51. The van der Waals surface area contributed by atoms with Crippen LogP contribution in [-0.2, 0) is 19.1 Å². The summed E-state index contributed by atoms with van der Waals surface area (Å²) >= 11 is 2.71. The molecule has 0 spiro atoms. The SMILES string of the molecule is CCOC(=O)CN1C(=O)S/C(=C/c2cc(I)c(OCC(=O)Nc3ccc(F)cc3)c(OC)c2)C1=O. The lowest BCUT2D eigenvalue weighted by Crippen LogP contribution is -2.34. The number of esters is 1. The molecule has 0 saturated carbocycles. The molecule has 3 amide bonds. The lowest BCUT2D eigenvalue weighted by molar-refractivity contribution is -0.146. The zero-order valence-corrected chi connectivity index (χ0v) is 21.6. The summed E-state index contributed by atoms with van der Waals surface area (Å²) in [6.45, 7) is 0.997. The van der Waals surface area contributed by atoms with Gasteiger partial charge in [0, 0.05) is 5.69 Å². The van der Waals surface area contributed by atoms with Crippen molar-refractivity contribution < 1.29 is 37.8 Å². The summed E-state index contributed by atoms with van der Waals surface area (Å²) < 4.78 is 29.4. The molecular formula is C23H20FIN2O7S. The number of hydrogen-bond acceptors (Lipinski definition) is 8. The van der Waals surface area contributed by atoms with Crippen LogP contribution in [0.4, 0.5) is 14.9 Å². The van der Waals surface area contributed by atoms with Crippen molar-refractivity contribution in [3.63, 3.8) is 0 Å². The van der Waals surface area contributed by atoms with Gasteiger partial charge in [-0.2, -0.15) is 0 Å². The molecule has 1 fully saturated rings. The molecule has 1 aliphatic heterocycles. The van der Waals surface area contributed by atoms with Gasteiger partial charge >= 0.3 is 5.97 Å². The molecule has 0 unspecified atom stereocenters. The molecule has 184 valence electrons. The molecule has 0 aliphatic carbocycles. The van der Waals surface area contributed by atoms with E-state index in [-0.39, 0.29) is 18.1 Å². The molecule has 1 N–H and O–H groups in total. The lowest BCUT2D eigenvalue weighted by Gasteiger charge is -2.14. The summed E-state index contributed by atoms with van der Waals surface area (Å²) in [6, 6.07) is 8.60. The number of rotatable bonds is 9. The van der Waals surface area contributed by atoms with Crippen molar-refractivity contribution in [3.8, 4) is 11.5 Å². The summed E-state index contributed by atoms with van der Waals surface area (Å²) in [4.78, 5) is 49.6. The topological polar surface area (TPSA) is 111 Å². The van der Waals surface area contributed by atoms with Crippen LogP contribution in [0.2, 0.25) is 0 Å². The van der Waals surface area contributed by atoms with E-state index in [1.165, 1.54) is 37.5 Å². The van der Waals surface area contributed by atoms with Gasteiger partial charge in [0.15, 0.2) is 18.1 Å². The predicted molar refractivity (Wildman–Crippen MR) is 136 cm³/mol. The summed E-state index contributed by atoms with van der Waals surface area (Å²) in [5.41, 5.74) is 0.977. The minimum absolute atomic E-state index is 0.143. The van der Waals surface area contributed by atoms with Crippen molar-refractivity contribution in [2.24, 2.45) is 0 Å². The summed E-state index contributed by atoms with van der Waals surface area (Å²) in [5.74, 6) is -1.51. The first-order valence-electron chi connectivity index (χ1n) is 10.2. The maximum absolute atomic E-state index is 13.0. The van der Waals surface area contributed by atoms with Gasteiger partial charge < -0.3 is 19.5 Å². The number of nitrogens with one attached hydrogen (secondary N) is 1. The van der Waals surface area contributed by atoms with Crippen molar-refractivity contribution in [1.82, 2.24) is 4.90 Å². The van der Waals surface area contributed by atoms with Gasteiger partial charge in [0.2, 0.25) is 0 Å². The van der Waals surface area contributed by atoms with Crippen LogP contribution in [0.15, 0.2) is 41.3 Å². The average Bonchev–Trinajstić information content (AvgIpc) is 3.07. The maximum Gasteiger partial charge on any atom is 0.326 e. The summed E-state index contributed by atoms with van der Waals surface area (Å²) in [7, 11) is 1.42. The number of hydrogen-bond donors (Lipinski definition) is 1. The number of thioether (sulfide) groups is 1. The molecule has 0 bridgehead atoms. The van der Waals surface area contributed by atoms with E-state index in [9.17, 15) is 23.6 Å². The van der Waals surface area contributed by atoms with E-state index in [4.69, 9.17) is 14.2 Å². The standard InChI is InChI=1S/C23H20FIN2O7S/c1-3-33-20(29)11-27-22(30)18(35-23(27)31)10-13-8-16(25)21(17(9-13)32-2)34-12-19(28)26-15-6-4-14(24)5-7-15/h4-10H,3,11-12H2,1-2H3,(H,26,28)/b18-10+. The van der Waals surface area contributed by atoms with E-state index < -0.39 is 35.4 Å². The van der Waals surface area contributed by atoms with E-state index in [1.54, 1.807) is 19.1 Å². The number of imide groups is 1. The second kappa shape index (κ2) is 12.0. The molecule has 1 aliphatic rings. The number of halogens is 2. The fraction of sp³-hybridized carbons (Fsp3) is 0.217. The Kier molecular flexibility index (Phi) is 9.09. The van der Waals surface area contributed by atoms with Gasteiger partial charge in [0.1, 0.15) is 12.4 Å². The highest BCUT2D eigenvalue weighted by Crippen LogP contribution is 2.37. The Balaban J connectivity index is 1.71. The fourth-order valence-corrected chi connectivity index (χ4v) is 4.57. The molecular weight excluding hydrogens is 594 g/mol. The molecule has 0 radical (unpaired) electrons. The van der Waals surface area contributed by atoms with E-state index in [0.29, 0.717) is 38.1 Å². The van der Waals surface area contributed by atoms with Gasteiger partial charge in [-0.3, -0.25) is 24.1 Å². The lowest BCUT2D eigenvalue weighted by atomic mass is 10.2. The Labute approximate surface area is 218 Å². The van der Waals surface area contributed by atoms with Crippen LogP contribution >= 0.6 is 34.4 Å². The molecule has 2 aromatic rings. The maximum atomic E-state index is 13.0. The first-order valence-corrected chi connectivity index (χ1v) is 12.1. The molecule has 0 atom stereocenters. The van der Waals surface area contributed by atoms with Crippen LogP contribution in [-0.4, -0.2) is 54.8 Å². The highest BCUT2D eigenvalue weighted by atomic mass is 127. The minimum Gasteiger partial charge on any atom is -0.493 e. The molecule has 2 aromatic carbocycles. The monoisotopic (exact) mass is 614 g/mol. The third-order valence-electron chi connectivity index (χ3n) is 4.49. The molecule has 35 heavy (non-hydrogen) atoms. The number of carbonyl (C=O) groups is 4. The van der Waals surface area contributed by atoms with Crippen LogP contribution < -0.4 is 14.8 Å². The number of anilines is 1. The van der Waals surface area contributed by atoms with E-state index in [1.807, 2.05) is 22.6 Å². The van der Waals surface area contributed by atoms with Crippen molar-refractivity contribution in [3.05, 3.63) is 56.3 Å². The molecule has 0 aromatic heterocycles. The van der Waals surface area contributed by atoms with E-state index in [0.717, 1.165) is 4.90 Å². The van der Waals surface area contributed by atoms with Gasteiger partial charge in [-0.25, -0.2) is 4.39 Å². The van der Waals surface area contributed by atoms with Crippen molar-refractivity contribution >= 4 is 69.1 Å². The van der Waals surface area contributed by atoms with Crippen LogP contribution in [0.25, 0.3) is 6.08 Å². The Morgan fingerprint density at radius 1 is 1.20 bits per heavy atom. The summed E-state index contributed by atoms with van der Waals surface area (Å²) in [5, 5.41) is 2.03. The third kappa shape index (κ3) is 6.94. The number of benzene rings is 2. The molecule has 9 nitrogen and oxygen atoms in total. The highest BCUT2D eigenvalue weighted by Gasteiger charge is 2.36. The first kappa shape index (κ1) is 26.5. The molecule has 1 saturated heterocycles. The quantitative estimate of drug-likeness (QED) is 0.256. The third-order valence-corrected chi connectivity index (χ3v) is 6.20. The van der Waals surface area contributed by atoms with Crippen LogP contribution in [0.5, 0.6) is 11.5 Å². The number of carbonyl (C=O) groups excluding carboxylic acids is 4. The van der Waals surface area contributed by atoms with Gasteiger partial charge in [-0.05, 0) is 89.3 Å². The Bertz CT molecular complexity index is 1190. The highest BCUT2D eigenvalue weighted by molar-refractivity contribution is 14.1. The van der Waals surface area contributed by atoms with Gasteiger partial charge in [0.25, 0.3) is 17.1 Å². The van der Waals surface area contributed by atoms with Crippen molar-refractivity contribution in [2.75, 3.05) is 32.2 Å². The molecule has 12 heteroatoms. The Morgan fingerprint density at radius 2 is 1.91 bits per heavy atom. The minimum atomic E-state index is -0.669. The Hall–Kier alpha value is -3.13. The van der Waals surface area contributed by atoms with Crippen molar-refractivity contribution in [1.29, 1.82) is 0 Å². The van der Waals surface area contributed by atoms with Gasteiger partial charge in [-0.1, -0.05) is 0 Å². The largest absolute Gasteiger partial charge is 0.493 e. The average molecular weight is 614 g/mol. The van der Waals surface area contributed by atoms with E-state index >= 15 is 0 Å². The second-order valence-electron chi connectivity index (χ2n) is 6.95. The number of amides is 3. The fourth-order valence-electron chi connectivity index (χ4n) is 2.95. The zero-order chi connectivity index (χ0) is 25.5. The normalized spacial score (nSPS) is 14.3. The predicted octanol–water partition coefficient (Wildman–Crippen LogP) is 4.06. The molecule has 3 rings (SSSR count). The number of methoxy groups -OCH3 is 1. The van der Waals surface area contributed by atoms with Crippen LogP contribution in [0, 0.1) is 9.39 Å².